The van der Waals surface area contributed by atoms with E-state index in [2.05, 4.69) is 41.5 Å². The number of rotatable bonds is 3. The van der Waals surface area contributed by atoms with Crippen molar-refractivity contribution in [1.29, 1.82) is 5.26 Å². The van der Waals surface area contributed by atoms with E-state index in [1.807, 2.05) is 24.3 Å². The fourth-order valence-electron chi connectivity index (χ4n) is 2.06. The van der Waals surface area contributed by atoms with Gasteiger partial charge in [0.05, 0.1) is 22.7 Å². The van der Waals surface area contributed by atoms with Gasteiger partial charge in [-0.15, -0.1) is 0 Å². The summed E-state index contributed by atoms with van der Waals surface area (Å²) in [5.74, 6) is 0. The van der Waals surface area contributed by atoms with Crippen LogP contribution in [-0.4, -0.2) is 4.98 Å². The number of nitrogens with zero attached hydrogens (tertiary/aromatic N) is 2. The Morgan fingerprint density at radius 2 is 2.00 bits per heavy atom. The SMILES string of the molecule is Cc1cccc2sc(Nc3ccc(CC#N)cc3)nc12. The average Bonchev–Trinajstić information content (AvgIpc) is 2.85. The molecular weight excluding hydrogens is 266 g/mol. The molecule has 2 aromatic carbocycles. The van der Waals surface area contributed by atoms with Gasteiger partial charge in [0, 0.05) is 5.69 Å². The first kappa shape index (κ1) is 12.6. The van der Waals surface area contributed by atoms with Crippen LogP contribution in [0.3, 0.4) is 0 Å². The van der Waals surface area contributed by atoms with Crippen LogP contribution in [0.4, 0.5) is 10.8 Å². The zero-order valence-electron chi connectivity index (χ0n) is 11.1. The van der Waals surface area contributed by atoms with Crippen molar-refractivity contribution in [3.63, 3.8) is 0 Å². The van der Waals surface area contributed by atoms with Crippen LogP contribution < -0.4 is 5.32 Å². The Morgan fingerprint density at radius 3 is 2.70 bits per heavy atom. The summed E-state index contributed by atoms with van der Waals surface area (Å²) in [7, 11) is 0. The molecule has 1 N–H and O–H groups in total. The van der Waals surface area contributed by atoms with Crippen molar-refractivity contribution in [1.82, 2.24) is 4.98 Å². The maximum atomic E-state index is 8.66. The Hall–Kier alpha value is -2.38. The minimum absolute atomic E-state index is 0.445. The second kappa shape index (κ2) is 5.32. The maximum absolute atomic E-state index is 8.66. The van der Waals surface area contributed by atoms with Gasteiger partial charge in [0.1, 0.15) is 0 Å². The molecule has 3 rings (SSSR count). The highest BCUT2D eigenvalue weighted by atomic mass is 32.1. The van der Waals surface area contributed by atoms with E-state index in [9.17, 15) is 0 Å². The molecule has 1 aromatic heterocycles. The molecule has 0 aliphatic rings. The largest absolute Gasteiger partial charge is 0.332 e. The minimum atomic E-state index is 0.445. The van der Waals surface area contributed by atoms with Gasteiger partial charge in [-0.3, -0.25) is 0 Å². The van der Waals surface area contributed by atoms with Crippen molar-refractivity contribution in [2.24, 2.45) is 0 Å². The second-order valence-corrected chi connectivity index (χ2v) is 5.63. The normalized spacial score (nSPS) is 10.4. The minimum Gasteiger partial charge on any atom is -0.332 e. The number of thiazole rings is 1. The topological polar surface area (TPSA) is 48.7 Å². The van der Waals surface area contributed by atoms with E-state index in [0.29, 0.717) is 6.42 Å². The number of nitrogens with one attached hydrogen (secondary N) is 1. The van der Waals surface area contributed by atoms with Gasteiger partial charge in [0.25, 0.3) is 0 Å². The highest BCUT2D eigenvalue weighted by Crippen LogP contribution is 2.29. The van der Waals surface area contributed by atoms with Crippen molar-refractivity contribution in [2.75, 3.05) is 5.32 Å². The van der Waals surface area contributed by atoms with E-state index in [0.717, 1.165) is 21.9 Å². The number of aryl methyl sites for hydroxylation is 1. The number of para-hydroxylation sites is 1. The molecule has 0 saturated heterocycles. The molecule has 0 unspecified atom stereocenters. The van der Waals surface area contributed by atoms with E-state index < -0.39 is 0 Å². The summed E-state index contributed by atoms with van der Waals surface area (Å²) >= 11 is 1.65. The van der Waals surface area contributed by atoms with Crippen molar-refractivity contribution < 1.29 is 0 Å². The molecule has 20 heavy (non-hydrogen) atoms. The number of hydrogen-bond acceptors (Lipinski definition) is 4. The van der Waals surface area contributed by atoms with Crippen molar-refractivity contribution in [3.05, 3.63) is 53.6 Å². The summed E-state index contributed by atoms with van der Waals surface area (Å²) in [6.07, 6.45) is 0.445. The molecule has 0 saturated carbocycles. The summed E-state index contributed by atoms with van der Waals surface area (Å²) < 4.78 is 1.19. The fourth-order valence-corrected chi connectivity index (χ4v) is 3.02. The van der Waals surface area contributed by atoms with Gasteiger partial charge < -0.3 is 5.32 Å². The molecular formula is C16H13N3S. The summed E-state index contributed by atoms with van der Waals surface area (Å²) in [5.41, 5.74) is 4.26. The molecule has 3 aromatic rings. The molecule has 0 spiro atoms. The third-order valence-electron chi connectivity index (χ3n) is 3.11. The lowest BCUT2D eigenvalue weighted by Crippen LogP contribution is -1.90. The van der Waals surface area contributed by atoms with Gasteiger partial charge in [0.15, 0.2) is 5.13 Å². The standard InChI is InChI=1S/C16H13N3S/c1-11-3-2-4-14-15(11)19-16(20-14)18-13-7-5-12(6-8-13)9-10-17/h2-8H,9H2,1H3,(H,18,19). The Balaban J connectivity index is 1.85. The molecule has 0 aliphatic carbocycles. The first-order chi connectivity index (χ1) is 9.76. The lowest BCUT2D eigenvalue weighted by Gasteiger charge is -2.02. The molecule has 0 bridgehead atoms. The van der Waals surface area contributed by atoms with Gasteiger partial charge >= 0.3 is 0 Å². The molecule has 1 heterocycles. The fraction of sp³-hybridized carbons (Fsp3) is 0.125. The van der Waals surface area contributed by atoms with Crippen LogP contribution in [0.15, 0.2) is 42.5 Å². The average molecular weight is 279 g/mol. The summed E-state index contributed by atoms with van der Waals surface area (Å²) in [6.45, 7) is 2.07. The van der Waals surface area contributed by atoms with Crippen LogP contribution >= 0.6 is 11.3 Å². The zero-order chi connectivity index (χ0) is 13.9. The van der Waals surface area contributed by atoms with E-state index in [4.69, 9.17) is 5.26 Å². The third kappa shape index (κ3) is 2.49. The molecule has 0 aliphatic heterocycles. The van der Waals surface area contributed by atoms with Crippen molar-refractivity contribution in [2.45, 2.75) is 13.3 Å². The highest BCUT2D eigenvalue weighted by molar-refractivity contribution is 7.22. The lowest BCUT2D eigenvalue weighted by molar-refractivity contribution is 1.26. The number of anilines is 2. The van der Waals surface area contributed by atoms with Crippen LogP contribution in [0.1, 0.15) is 11.1 Å². The summed E-state index contributed by atoms with van der Waals surface area (Å²) in [4.78, 5) is 4.62. The van der Waals surface area contributed by atoms with Gasteiger partial charge in [0.2, 0.25) is 0 Å². The zero-order valence-corrected chi connectivity index (χ0v) is 11.9. The van der Waals surface area contributed by atoms with E-state index in [1.165, 1.54) is 10.3 Å². The van der Waals surface area contributed by atoms with Crippen LogP contribution in [0, 0.1) is 18.3 Å². The Morgan fingerprint density at radius 1 is 1.20 bits per heavy atom. The molecule has 3 nitrogen and oxygen atoms in total. The monoisotopic (exact) mass is 279 g/mol. The third-order valence-corrected chi connectivity index (χ3v) is 4.05. The van der Waals surface area contributed by atoms with E-state index >= 15 is 0 Å². The van der Waals surface area contributed by atoms with Gasteiger partial charge in [-0.25, -0.2) is 4.98 Å². The Kier molecular flexibility index (Phi) is 3.36. The highest BCUT2D eigenvalue weighted by Gasteiger charge is 2.05. The van der Waals surface area contributed by atoms with E-state index in [-0.39, 0.29) is 0 Å². The Labute approximate surface area is 121 Å². The van der Waals surface area contributed by atoms with Gasteiger partial charge in [-0.05, 0) is 36.2 Å². The van der Waals surface area contributed by atoms with Gasteiger partial charge in [-0.1, -0.05) is 35.6 Å². The summed E-state index contributed by atoms with van der Waals surface area (Å²) in [6, 6.07) is 16.2. The molecule has 4 heteroatoms. The number of aromatic nitrogens is 1. The first-order valence-corrected chi connectivity index (χ1v) is 7.17. The van der Waals surface area contributed by atoms with Crippen LogP contribution in [0.2, 0.25) is 0 Å². The molecule has 0 radical (unpaired) electrons. The molecule has 0 atom stereocenters. The number of nitriles is 1. The summed E-state index contributed by atoms with van der Waals surface area (Å²) in [5, 5.41) is 12.9. The van der Waals surface area contributed by atoms with Crippen LogP contribution in [0.25, 0.3) is 10.2 Å². The first-order valence-electron chi connectivity index (χ1n) is 6.35. The van der Waals surface area contributed by atoms with E-state index in [1.54, 1.807) is 11.3 Å². The predicted octanol–water partition coefficient (Wildman–Crippen LogP) is 4.41. The Bertz CT molecular complexity index is 782. The number of hydrogen-bond donors (Lipinski definition) is 1. The number of fused-ring (bicyclic) bond motifs is 1. The van der Waals surface area contributed by atoms with Crippen molar-refractivity contribution >= 4 is 32.4 Å². The van der Waals surface area contributed by atoms with Crippen LogP contribution in [-0.2, 0) is 6.42 Å². The second-order valence-electron chi connectivity index (χ2n) is 4.60. The number of benzene rings is 2. The predicted molar refractivity (Wildman–Crippen MR) is 83.4 cm³/mol. The lowest BCUT2D eigenvalue weighted by atomic mass is 10.1. The van der Waals surface area contributed by atoms with Gasteiger partial charge in [-0.2, -0.15) is 5.26 Å². The quantitative estimate of drug-likeness (QED) is 0.772. The molecule has 0 fully saturated rings. The van der Waals surface area contributed by atoms with Crippen molar-refractivity contribution in [3.8, 4) is 6.07 Å². The molecule has 98 valence electrons. The molecule has 0 amide bonds. The maximum Gasteiger partial charge on any atom is 0.188 e. The smallest absolute Gasteiger partial charge is 0.188 e. The van der Waals surface area contributed by atoms with Crippen LogP contribution in [0.5, 0.6) is 0 Å².